The second kappa shape index (κ2) is 11.2. The van der Waals surface area contributed by atoms with Crippen molar-refractivity contribution in [3.63, 3.8) is 0 Å². The summed E-state index contributed by atoms with van der Waals surface area (Å²) in [5.41, 5.74) is 8.60. The Kier molecular flexibility index (Phi) is 8.09. The molecule has 1 unspecified atom stereocenters. The van der Waals surface area contributed by atoms with Crippen molar-refractivity contribution >= 4 is 5.91 Å². The van der Waals surface area contributed by atoms with Crippen molar-refractivity contribution in [2.75, 3.05) is 19.6 Å². The zero-order valence-electron chi connectivity index (χ0n) is 17.0. The molecule has 0 bridgehead atoms. The number of benzene rings is 1. The third-order valence-electron chi connectivity index (χ3n) is 5.22. The Morgan fingerprint density at radius 3 is 2.63 bits per heavy atom. The maximum atomic E-state index is 13.4. The molecule has 3 aromatic rings. The number of nitrogens with zero attached hydrogens (tertiary/aromatic N) is 3. The number of unbranched alkanes of at least 4 members (excludes halogenated alkanes) is 1. The minimum atomic E-state index is -0.244. The van der Waals surface area contributed by atoms with E-state index in [1.54, 1.807) is 18.7 Å². The van der Waals surface area contributed by atoms with Crippen molar-refractivity contribution < 1.29 is 9.18 Å². The molecule has 1 atom stereocenters. The molecule has 0 saturated carbocycles. The fourth-order valence-corrected chi connectivity index (χ4v) is 3.58. The minimum Gasteiger partial charge on any atom is -0.348 e. The zero-order chi connectivity index (χ0) is 21.2. The molecule has 6 nitrogen and oxygen atoms in total. The first-order valence-corrected chi connectivity index (χ1v) is 10.3. The van der Waals surface area contributed by atoms with E-state index in [1.165, 1.54) is 12.1 Å². The Hall–Kier alpha value is -3.06. The van der Waals surface area contributed by atoms with Crippen molar-refractivity contribution in [2.45, 2.75) is 31.6 Å². The van der Waals surface area contributed by atoms with Crippen LogP contribution in [0.5, 0.6) is 0 Å². The molecule has 0 saturated heterocycles. The largest absolute Gasteiger partial charge is 0.348 e. The summed E-state index contributed by atoms with van der Waals surface area (Å²) in [6.07, 6.45) is 8.55. The van der Waals surface area contributed by atoms with Crippen LogP contribution in [-0.4, -0.2) is 45.4 Å². The van der Waals surface area contributed by atoms with Gasteiger partial charge in [-0.1, -0.05) is 24.6 Å². The Morgan fingerprint density at radius 1 is 1.13 bits per heavy atom. The maximum Gasteiger partial charge on any atom is 0.236 e. The molecule has 0 aliphatic heterocycles. The van der Waals surface area contributed by atoms with Crippen LogP contribution >= 0.6 is 0 Å². The molecular weight excluding hydrogens is 381 g/mol. The van der Waals surface area contributed by atoms with Gasteiger partial charge in [0, 0.05) is 49.2 Å². The van der Waals surface area contributed by atoms with E-state index in [4.69, 9.17) is 5.73 Å². The molecule has 2 aromatic heterocycles. The predicted octanol–water partition coefficient (Wildman–Crippen LogP) is 3.28. The van der Waals surface area contributed by atoms with Crippen molar-refractivity contribution in [3.05, 3.63) is 84.0 Å². The van der Waals surface area contributed by atoms with Crippen LogP contribution in [0, 0.1) is 5.82 Å². The van der Waals surface area contributed by atoms with E-state index in [2.05, 4.69) is 15.0 Å². The molecule has 0 fully saturated rings. The highest BCUT2D eigenvalue weighted by atomic mass is 19.1. The number of aromatic nitrogens is 3. The monoisotopic (exact) mass is 409 g/mol. The third-order valence-corrected chi connectivity index (χ3v) is 5.22. The maximum absolute atomic E-state index is 13.4. The number of nitrogens with one attached hydrogen (secondary N) is 1. The molecule has 7 heteroatoms. The number of H-pyrrole nitrogens is 1. The van der Waals surface area contributed by atoms with Crippen LogP contribution in [0.2, 0.25) is 0 Å². The number of imidazole rings is 1. The van der Waals surface area contributed by atoms with Crippen molar-refractivity contribution in [1.82, 2.24) is 19.9 Å². The van der Waals surface area contributed by atoms with Gasteiger partial charge >= 0.3 is 0 Å². The van der Waals surface area contributed by atoms with E-state index < -0.39 is 0 Å². The van der Waals surface area contributed by atoms with E-state index in [-0.39, 0.29) is 24.2 Å². The normalized spacial score (nSPS) is 11.9. The molecule has 1 amide bonds. The lowest BCUT2D eigenvalue weighted by Gasteiger charge is -2.23. The summed E-state index contributed by atoms with van der Waals surface area (Å²) >= 11 is 0. The number of nitrogens with two attached hydrogens (primary N) is 1. The van der Waals surface area contributed by atoms with Crippen LogP contribution in [0.4, 0.5) is 4.39 Å². The lowest BCUT2D eigenvalue weighted by molar-refractivity contribution is -0.129. The molecule has 3 N–H and O–H groups in total. The Balaban J connectivity index is 1.57. The summed E-state index contributed by atoms with van der Waals surface area (Å²) in [4.78, 5) is 25.6. The lowest BCUT2D eigenvalue weighted by atomic mass is 9.90. The van der Waals surface area contributed by atoms with Gasteiger partial charge in [-0.15, -0.1) is 0 Å². The van der Waals surface area contributed by atoms with Gasteiger partial charge in [0.1, 0.15) is 5.82 Å². The third kappa shape index (κ3) is 6.22. The molecule has 2 heterocycles. The number of rotatable bonds is 11. The number of amides is 1. The first-order chi connectivity index (χ1) is 14.7. The summed E-state index contributed by atoms with van der Waals surface area (Å²) < 4.78 is 13.4. The van der Waals surface area contributed by atoms with Gasteiger partial charge in [0.25, 0.3) is 0 Å². The van der Waals surface area contributed by atoms with Crippen LogP contribution in [0.15, 0.2) is 61.2 Å². The topological polar surface area (TPSA) is 87.9 Å². The van der Waals surface area contributed by atoms with Crippen molar-refractivity contribution in [1.29, 1.82) is 0 Å². The van der Waals surface area contributed by atoms with Crippen LogP contribution in [0.25, 0.3) is 0 Å². The molecule has 0 aliphatic rings. The second-order valence-electron chi connectivity index (χ2n) is 7.27. The SMILES string of the molecule is NCC(=O)N(CCCCC(c1ccc(F)cc1)c1ccccn1)CCc1cnc[nH]1. The van der Waals surface area contributed by atoms with Gasteiger partial charge in [0.2, 0.25) is 5.91 Å². The number of hydrogen-bond acceptors (Lipinski definition) is 4. The highest BCUT2D eigenvalue weighted by Gasteiger charge is 2.17. The fourth-order valence-electron chi connectivity index (χ4n) is 3.58. The lowest BCUT2D eigenvalue weighted by Crippen LogP contribution is -2.38. The predicted molar refractivity (Wildman–Crippen MR) is 114 cm³/mol. The summed E-state index contributed by atoms with van der Waals surface area (Å²) in [5.74, 6) is -0.198. The van der Waals surface area contributed by atoms with Gasteiger partial charge in [-0.2, -0.15) is 0 Å². The minimum absolute atomic E-state index is 0.00904. The average molecular weight is 410 g/mol. The molecule has 158 valence electrons. The van der Waals surface area contributed by atoms with Gasteiger partial charge in [-0.05, 0) is 42.7 Å². The molecule has 0 spiro atoms. The zero-order valence-corrected chi connectivity index (χ0v) is 17.0. The van der Waals surface area contributed by atoms with E-state index in [1.807, 2.05) is 35.2 Å². The molecule has 0 radical (unpaired) electrons. The Morgan fingerprint density at radius 2 is 1.97 bits per heavy atom. The van der Waals surface area contributed by atoms with E-state index in [0.717, 1.165) is 42.6 Å². The number of carbonyl (C=O) groups excluding carboxylic acids is 1. The first kappa shape index (κ1) is 21.6. The number of carbonyl (C=O) groups is 1. The standard InChI is InChI=1S/C23H28FN5O/c24-19-9-7-18(8-10-19)21(22-6-1-3-12-27-22)5-2-4-13-29(23(30)15-25)14-11-20-16-26-17-28-20/h1,3,6-10,12,16-17,21H,2,4-5,11,13-15,25H2,(H,26,28). The van der Waals surface area contributed by atoms with E-state index >= 15 is 0 Å². The van der Waals surface area contributed by atoms with Gasteiger partial charge < -0.3 is 15.6 Å². The van der Waals surface area contributed by atoms with Crippen molar-refractivity contribution in [3.8, 4) is 0 Å². The number of hydrogen-bond donors (Lipinski definition) is 2. The van der Waals surface area contributed by atoms with Gasteiger partial charge in [0.15, 0.2) is 0 Å². The first-order valence-electron chi connectivity index (χ1n) is 10.3. The molecule has 30 heavy (non-hydrogen) atoms. The Bertz CT molecular complexity index is 884. The number of aromatic amines is 1. The summed E-state index contributed by atoms with van der Waals surface area (Å²) in [6, 6.07) is 12.5. The van der Waals surface area contributed by atoms with E-state index in [0.29, 0.717) is 13.1 Å². The van der Waals surface area contributed by atoms with Crippen LogP contribution in [0.1, 0.15) is 42.1 Å². The molecule has 0 aliphatic carbocycles. The van der Waals surface area contributed by atoms with E-state index in [9.17, 15) is 9.18 Å². The highest BCUT2D eigenvalue weighted by Crippen LogP contribution is 2.28. The Labute approximate surface area is 176 Å². The van der Waals surface area contributed by atoms with Gasteiger partial charge in [0.05, 0.1) is 12.9 Å². The molecule has 3 rings (SSSR count). The molecular formula is C23H28FN5O. The van der Waals surface area contributed by atoms with Crippen LogP contribution in [-0.2, 0) is 11.2 Å². The van der Waals surface area contributed by atoms with Gasteiger partial charge in [-0.3, -0.25) is 9.78 Å². The number of pyridine rings is 1. The number of halogens is 1. The smallest absolute Gasteiger partial charge is 0.236 e. The van der Waals surface area contributed by atoms with Crippen LogP contribution < -0.4 is 5.73 Å². The average Bonchev–Trinajstić information content (AvgIpc) is 3.30. The second-order valence-corrected chi connectivity index (χ2v) is 7.27. The van der Waals surface area contributed by atoms with Crippen LogP contribution in [0.3, 0.4) is 0 Å². The summed E-state index contributed by atoms with van der Waals surface area (Å²) in [5, 5.41) is 0. The molecule has 1 aromatic carbocycles. The highest BCUT2D eigenvalue weighted by molar-refractivity contribution is 5.78. The van der Waals surface area contributed by atoms with Crippen molar-refractivity contribution in [2.24, 2.45) is 5.73 Å². The van der Waals surface area contributed by atoms with Gasteiger partial charge in [-0.25, -0.2) is 9.37 Å². The summed E-state index contributed by atoms with van der Waals surface area (Å²) in [7, 11) is 0. The fraction of sp³-hybridized carbons (Fsp3) is 0.348. The summed E-state index contributed by atoms with van der Waals surface area (Å²) in [6.45, 7) is 1.28. The quantitative estimate of drug-likeness (QED) is 0.476.